The molecule has 1 saturated heterocycles. The molecule has 1 aliphatic heterocycles. The molecule has 3 nitrogen and oxygen atoms in total. The molecule has 2 rings (SSSR count). The lowest BCUT2D eigenvalue weighted by atomic mass is 9.86. The summed E-state index contributed by atoms with van der Waals surface area (Å²) >= 11 is 0. The van der Waals surface area contributed by atoms with Crippen molar-refractivity contribution in [1.82, 2.24) is 10.2 Å². The third-order valence-corrected chi connectivity index (χ3v) is 4.38. The van der Waals surface area contributed by atoms with Crippen molar-refractivity contribution in [3.8, 4) is 0 Å². The quantitative estimate of drug-likeness (QED) is 0.926. The van der Waals surface area contributed by atoms with E-state index in [4.69, 9.17) is 0 Å². The van der Waals surface area contributed by atoms with Crippen LogP contribution in [-0.2, 0) is 5.41 Å². The summed E-state index contributed by atoms with van der Waals surface area (Å²) in [5.74, 6) is 0.0606. The van der Waals surface area contributed by atoms with Gasteiger partial charge in [0.25, 0.3) is 5.91 Å². The van der Waals surface area contributed by atoms with E-state index in [-0.39, 0.29) is 11.3 Å². The number of piperidine rings is 1. The monoisotopic (exact) mass is 288 g/mol. The fraction of sp³-hybridized carbons (Fsp3) is 0.611. The van der Waals surface area contributed by atoms with Crippen molar-refractivity contribution in [3.63, 3.8) is 0 Å². The van der Waals surface area contributed by atoms with Gasteiger partial charge in [0.2, 0.25) is 0 Å². The second-order valence-electron chi connectivity index (χ2n) is 7.01. The average Bonchev–Trinajstić information content (AvgIpc) is 2.47. The lowest BCUT2D eigenvalue weighted by Gasteiger charge is -2.31. The van der Waals surface area contributed by atoms with Crippen molar-refractivity contribution in [2.24, 2.45) is 0 Å². The minimum atomic E-state index is 0.0606. The highest BCUT2D eigenvalue weighted by Gasteiger charge is 2.20. The zero-order valence-corrected chi connectivity index (χ0v) is 13.8. The topological polar surface area (TPSA) is 32.3 Å². The molecule has 0 atom stereocenters. The fourth-order valence-corrected chi connectivity index (χ4v) is 2.78. The predicted molar refractivity (Wildman–Crippen MR) is 87.7 cm³/mol. The minimum Gasteiger partial charge on any atom is -0.349 e. The number of carbonyl (C=O) groups excluding carboxylic acids is 1. The summed E-state index contributed by atoms with van der Waals surface area (Å²) in [6.07, 6.45) is 2.11. The van der Waals surface area contributed by atoms with Crippen LogP contribution < -0.4 is 5.32 Å². The van der Waals surface area contributed by atoms with Gasteiger partial charge in [0, 0.05) is 24.7 Å². The maximum absolute atomic E-state index is 12.3. The molecule has 1 fully saturated rings. The Bertz CT molecular complexity index is 465. The van der Waals surface area contributed by atoms with Crippen LogP contribution in [0.15, 0.2) is 24.3 Å². The van der Waals surface area contributed by atoms with E-state index in [2.05, 4.69) is 50.0 Å². The molecule has 1 aromatic carbocycles. The van der Waals surface area contributed by atoms with Gasteiger partial charge in [-0.2, -0.15) is 0 Å². The number of nitrogens with zero attached hydrogens (tertiary/aromatic N) is 1. The molecule has 1 aromatic rings. The van der Waals surface area contributed by atoms with Crippen LogP contribution in [0.2, 0.25) is 0 Å². The summed E-state index contributed by atoms with van der Waals surface area (Å²) in [6, 6.07) is 8.33. The standard InChI is InChI=1S/C18H28N2O/c1-5-20-12-10-16(11-13-20)19-17(21)14-6-8-15(9-7-14)18(2,3)4/h6-9,16H,5,10-13H2,1-4H3,(H,19,21). The van der Waals surface area contributed by atoms with E-state index in [1.807, 2.05) is 12.1 Å². The van der Waals surface area contributed by atoms with Crippen LogP contribution in [0.5, 0.6) is 0 Å². The molecule has 3 heteroatoms. The van der Waals surface area contributed by atoms with E-state index in [9.17, 15) is 4.79 Å². The van der Waals surface area contributed by atoms with E-state index in [0.29, 0.717) is 6.04 Å². The zero-order chi connectivity index (χ0) is 15.5. The lowest BCUT2D eigenvalue weighted by Crippen LogP contribution is -2.44. The molecule has 21 heavy (non-hydrogen) atoms. The van der Waals surface area contributed by atoms with Crippen LogP contribution in [0.1, 0.15) is 56.5 Å². The Labute approximate surface area is 128 Å². The van der Waals surface area contributed by atoms with Crippen LogP contribution in [0.4, 0.5) is 0 Å². The predicted octanol–water partition coefficient (Wildman–Crippen LogP) is 3.20. The molecule has 1 aliphatic rings. The smallest absolute Gasteiger partial charge is 0.251 e. The number of rotatable bonds is 3. The van der Waals surface area contributed by atoms with Gasteiger partial charge in [-0.1, -0.05) is 39.8 Å². The number of nitrogens with one attached hydrogen (secondary N) is 1. The summed E-state index contributed by atoms with van der Waals surface area (Å²) in [5, 5.41) is 3.17. The van der Waals surface area contributed by atoms with Gasteiger partial charge in [-0.05, 0) is 42.5 Å². The van der Waals surface area contributed by atoms with Gasteiger partial charge >= 0.3 is 0 Å². The summed E-state index contributed by atoms with van der Waals surface area (Å²) in [6.45, 7) is 12.0. The Balaban J connectivity index is 1.92. The maximum atomic E-state index is 12.3. The third-order valence-electron chi connectivity index (χ3n) is 4.38. The molecule has 1 N–H and O–H groups in total. The largest absolute Gasteiger partial charge is 0.349 e. The number of hydrogen-bond acceptors (Lipinski definition) is 2. The lowest BCUT2D eigenvalue weighted by molar-refractivity contribution is 0.0912. The summed E-state index contributed by atoms with van der Waals surface area (Å²) < 4.78 is 0. The number of carbonyl (C=O) groups is 1. The van der Waals surface area contributed by atoms with Gasteiger partial charge in [-0.3, -0.25) is 4.79 Å². The molecule has 0 aliphatic carbocycles. The Morgan fingerprint density at radius 1 is 1.19 bits per heavy atom. The SMILES string of the molecule is CCN1CCC(NC(=O)c2ccc(C(C)(C)C)cc2)CC1. The summed E-state index contributed by atoms with van der Waals surface area (Å²) in [4.78, 5) is 14.7. The van der Waals surface area contributed by atoms with Crippen LogP contribution in [0.25, 0.3) is 0 Å². The highest BCUT2D eigenvalue weighted by Crippen LogP contribution is 2.22. The van der Waals surface area contributed by atoms with Gasteiger partial charge in [-0.15, -0.1) is 0 Å². The van der Waals surface area contributed by atoms with Crippen molar-refractivity contribution in [2.45, 2.75) is 52.0 Å². The van der Waals surface area contributed by atoms with Crippen molar-refractivity contribution in [3.05, 3.63) is 35.4 Å². The Morgan fingerprint density at radius 2 is 1.76 bits per heavy atom. The second-order valence-corrected chi connectivity index (χ2v) is 7.01. The third kappa shape index (κ3) is 4.31. The molecular weight excluding hydrogens is 260 g/mol. The molecule has 0 saturated carbocycles. The molecule has 0 spiro atoms. The van der Waals surface area contributed by atoms with E-state index in [1.165, 1.54) is 5.56 Å². The van der Waals surface area contributed by atoms with E-state index >= 15 is 0 Å². The van der Waals surface area contributed by atoms with Crippen LogP contribution in [-0.4, -0.2) is 36.5 Å². The van der Waals surface area contributed by atoms with E-state index in [1.54, 1.807) is 0 Å². The van der Waals surface area contributed by atoms with Crippen LogP contribution in [0, 0.1) is 0 Å². The average molecular weight is 288 g/mol. The first kappa shape index (κ1) is 16.0. The van der Waals surface area contributed by atoms with Crippen molar-refractivity contribution >= 4 is 5.91 Å². The number of amides is 1. The summed E-state index contributed by atoms with van der Waals surface area (Å²) in [7, 11) is 0. The molecule has 1 amide bonds. The van der Waals surface area contributed by atoms with Crippen LogP contribution >= 0.6 is 0 Å². The first-order chi connectivity index (χ1) is 9.90. The Hall–Kier alpha value is -1.35. The van der Waals surface area contributed by atoms with E-state index < -0.39 is 0 Å². The normalized spacial score (nSPS) is 17.7. The van der Waals surface area contributed by atoms with Gasteiger partial charge in [-0.25, -0.2) is 0 Å². The molecule has 1 heterocycles. The first-order valence-electron chi connectivity index (χ1n) is 8.04. The Morgan fingerprint density at radius 3 is 2.24 bits per heavy atom. The molecule has 0 aromatic heterocycles. The van der Waals surface area contributed by atoms with Crippen molar-refractivity contribution < 1.29 is 4.79 Å². The molecule has 0 unspecified atom stereocenters. The van der Waals surface area contributed by atoms with Gasteiger partial charge < -0.3 is 10.2 Å². The van der Waals surface area contributed by atoms with Gasteiger partial charge in [0.15, 0.2) is 0 Å². The molecular formula is C18H28N2O. The van der Waals surface area contributed by atoms with Gasteiger partial charge in [0.1, 0.15) is 0 Å². The van der Waals surface area contributed by atoms with Crippen molar-refractivity contribution in [2.75, 3.05) is 19.6 Å². The maximum Gasteiger partial charge on any atom is 0.251 e. The highest BCUT2D eigenvalue weighted by molar-refractivity contribution is 5.94. The molecule has 116 valence electrons. The van der Waals surface area contributed by atoms with Crippen LogP contribution in [0.3, 0.4) is 0 Å². The number of benzene rings is 1. The molecule has 0 radical (unpaired) electrons. The van der Waals surface area contributed by atoms with Crippen molar-refractivity contribution in [1.29, 1.82) is 0 Å². The number of hydrogen-bond donors (Lipinski definition) is 1. The summed E-state index contributed by atoms with van der Waals surface area (Å²) in [5.41, 5.74) is 2.15. The molecule has 0 bridgehead atoms. The van der Waals surface area contributed by atoms with E-state index in [0.717, 1.165) is 38.0 Å². The fourth-order valence-electron chi connectivity index (χ4n) is 2.78. The number of likely N-dealkylation sites (tertiary alicyclic amines) is 1. The zero-order valence-electron chi connectivity index (χ0n) is 13.8. The van der Waals surface area contributed by atoms with Gasteiger partial charge in [0.05, 0.1) is 0 Å². The first-order valence-corrected chi connectivity index (χ1v) is 8.04. The minimum absolute atomic E-state index is 0.0606. The Kier molecular flexibility index (Phi) is 5.04. The highest BCUT2D eigenvalue weighted by atomic mass is 16.1. The second kappa shape index (κ2) is 6.61.